The van der Waals surface area contributed by atoms with Crippen LogP contribution in [-0.2, 0) is 11.3 Å². The minimum atomic E-state index is 0.0319. The molecule has 0 aliphatic carbocycles. The summed E-state index contributed by atoms with van der Waals surface area (Å²) in [5.41, 5.74) is 5.33. The number of carbonyl (C=O) groups is 1. The van der Waals surface area contributed by atoms with E-state index in [0.717, 1.165) is 38.7 Å². The van der Waals surface area contributed by atoms with Crippen molar-refractivity contribution in [1.29, 1.82) is 0 Å². The van der Waals surface area contributed by atoms with E-state index in [1.54, 1.807) is 11.3 Å². The quantitative estimate of drug-likeness (QED) is 0.311. The van der Waals surface area contributed by atoms with Crippen LogP contribution >= 0.6 is 11.3 Å². The first-order chi connectivity index (χ1) is 15.7. The molecule has 0 bridgehead atoms. The third-order valence-electron chi connectivity index (χ3n) is 5.14. The molecule has 1 aromatic heterocycles. The van der Waals surface area contributed by atoms with E-state index in [0.29, 0.717) is 26.0 Å². The van der Waals surface area contributed by atoms with E-state index in [9.17, 15) is 4.79 Å². The summed E-state index contributed by atoms with van der Waals surface area (Å²) in [7, 11) is 0. The number of nitrogens with one attached hydrogen (secondary N) is 1. The number of aromatic nitrogens is 1. The Hall–Kier alpha value is -3.44. The maximum absolute atomic E-state index is 12.2. The van der Waals surface area contributed by atoms with Gasteiger partial charge in [0.15, 0.2) is 0 Å². The van der Waals surface area contributed by atoms with Crippen molar-refractivity contribution >= 4 is 17.2 Å². The molecule has 4 aromatic rings. The summed E-state index contributed by atoms with van der Waals surface area (Å²) in [6.45, 7) is 3.05. The van der Waals surface area contributed by atoms with Crippen LogP contribution in [-0.4, -0.2) is 17.5 Å². The first-order valence-corrected chi connectivity index (χ1v) is 11.6. The van der Waals surface area contributed by atoms with Crippen molar-refractivity contribution in [2.45, 2.75) is 26.3 Å². The molecule has 0 saturated carbocycles. The van der Waals surface area contributed by atoms with Crippen LogP contribution in [0.25, 0.3) is 21.8 Å². The number of aryl methyl sites for hydroxylation is 1. The number of rotatable bonds is 9. The molecule has 1 N–H and O–H groups in total. The number of thiazole rings is 1. The second-order valence-corrected chi connectivity index (χ2v) is 8.46. The normalized spacial score (nSPS) is 10.7. The van der Waals surface area contributed by atoms with Crippen LogP contribution in [0.5, 0.6) is 5.75 Å². The summed E-state index contributed by atoms with van der Waals surface area (Å²) >= 11 is 1.63. The SMILES string of the molecule is Cc1ccccc1OCCCC(=O)NCc1cccc(-c2nc(-c3ccccc3)cs2)c1. The van der Waals surface area contributed by atoms with E-state index >= 15 is 0 Å². The zero-order valence-electron chi connectivity index (χ0n) is 18.1. The van der Waals surface area contributed by atoms with Crippen molar-refractivity contribution in [2.75, 3.05) is 6.61 Å². The zero-order valence-corrected chi connectivity index (χ0v) is 18.9. The Labute approximate surface area is 192 Å². The number of hydrogen-bond acceptors (Lipinski definition) is 4. The molecule has 162 valence electrons. The molecule has 0 radical (unpaired) electrons. The lowest BCUT2D eigenvalue weighted by Crippen LogP contribution is -2.23. The van der Waals surface area contributed by atoms with Crippen molar-refractivity contribution in [3.63, 3.8) is 0 Å². The van der Waals surface area contributed by atoms with Gasteiger partial charge < -0.3 is 10.1 Å². The molecule has 0 aliphatic heterocycles. The van der Waals surface area contributed by atoms with Crippen LogP contribution < -0.4 is 10.1 Å². The summed E-state index contributed by atoms with van der Waals surface area (Å²) in [6, 6.07) is 26.3. The summed E-state index contributed by atoms with van der Waals surface area (Å²) in [6.07, 6.45) is 1.13. The average molecular weight is 443 g/mol. The van der Waals surface area contributed by atoms with E-state index in [4.69, 9.17) is 9.72 Å². The van der Waals surface area contributed by atoms with Crippen molar-refractivity contribution in [2.24, 2.45) is 0 Å². The topological polar surface area (TPSA) is 51.2 Å². The van der Waals surface area contributed by atoms with Crippen LogP contribution in [0.1, 0.15) is 24.0 Å². The number of amides is 1. The lowest BCUT2D eigenvalue weighted by Gasteiger charge is -2.09. The highest BCUT2D eigenvalue weighted by atomic mass is 32.1. The van der Waals surface area contributed by atoms with Gasteiger partial charge >= 0.3 is 0 Å². The van der Waals surface area contributed by atoms with E-state index in [2.05, 4.69) is 35.0 Å². The van der Waals surface area contributed by atoms with E-state index in [1.807, 2.05) is 61.5 Å². The van der Waals surface area contributed by atoms with Crippen LogP contribution in [0.15, 0.2) is 84.2 Å². The van der Waals surface area contributed by atoms with Crippen LogP contribution in [0.4, 0.5) is 0 Å². The molecule has 0 saturated heterocycles. The largest absolute Gasteiger partial charge is 0.493 e. The van der Waals surface area contributed by atoms with Gasteiger partial charge in [0.05, 0.1) is 12.3 Å². The third-order valence-corrected chi connectivity index (χ3v) is 6.03. The molecule has 3 aromatic carbocycles. The number of benzene rings is 3. The summed E-state index contributed by atoms with van der Waals surface area (Å²) < 4.78 is 5.76. The van der Waals surface area contributed by atoms with Crippen molar-refractivity contribution < 1.29 is 9.53 Å². The number of para-hydroxylation sites is 1. The van der Waals surface area contributed by atoms with Gasteiger partial charge in [-0.2, -0.15) is 0 Å². The molecule has 1 amide bonds. The van der Waals surface area contributed by atoms with Crippen molar-refractivity contribution in [3.8, 4) is 27.6 Å². The van der Waals surface area contributed by atoms with Gasteiger partial charge in [-0.25, -0.2) is 4.98 Å². The highest BCUT2D eigenvalue weighted by molar-refractivity contribution is 7.13. The number of ether oxygens (including phenoxy) is 1. The molecule has 32 heavy (non-hydrogen) atoms. The van der Waals surface area contributed by atoms with Crippen molar-refractivity contribution in [1.82, 2.24) is 10.3 Å². The Bertz CT molecular complexity index is 1170. The van der Waals surface area contributed by atoms with Crippen LogP contribution in [0, 0.1) is 6.92 Å². The minimum Gasteiger partial charge on any atom is -0.493 e. The van der Waals surface area contributed by atoms with Gasteiger partial charge in [0.25, 0.3) is 0 Å². The molecule has 0 fully saturated rings. The molecule has 0 unspecified atom stereocenters. The minimum absolute atomic E-state index is 0.0319. The second kappa shape index (κ2) is 10.7. The Morgan fingerprint density at radius 1 is 0.969 bits per heavy atom. The lowest BCUT2D eigenvalue weighted by atomic mass is 10.1. The van der Waals surface area contributed by atoms with Gasteiger partial charge in [0.1, 0.15) is 10.8 Å². The first kappa shape index (κ1) is 21.8. The van der Waals surface area contributed by atoms with Gasteiger partial charge in [-0.15, -0.1) is 11.3 Å². The molecule has 1 heterocycles. The van der Waals surface area contributed by atoms with Crippen molar-refractivity contribution in [3.05, 3.63) is 95.4 Å². The Balaban J connectivity index is 1.26. The van der Waals surface area contributed by atoms with E-state index in [-0.39, 0.29) is 5.91 Å². The fourth-order valence-electron chi connectivity index (χ4n) is 3.38. The third kappa shape index (κ3) is 5.83. The fraction of sp³-hybridized carbons (Fsp3) is 0.185. The smallest absolute Gasteiger partial charge is 0.220 e. The summed E-state index contributed by atoms with van der Waals surface area (Å²) in [4.78, 5) is 17.0. The molecule has 0 atom stereocenters. The number of nitrogens with zero attached hydrogens (tertiary/aromatic N) is 1. The fourth-order valence-corrected chi connectivity index (χ4v) is 4.21. The van der Waals surface area contributed by atoms with Gasteiger partial charge in [-0.3, -0.25) is 4.79 Å². The highest BCUT2D eigenvalue weighted by Gasteiger charge is 2.08. The zero-order chi connectivity index (χ0) is 22.2. The predicted molar refractivity (Wildman–Crippen MR) is 131 cm³/mol. The lowest BCUT2D eigenvalue weighted by molar-refractivity contribution is -0.121. The van der Waals surface area contributed by atoms with Gasteiger partial charge in [0.2, 0.25) is 5.91 Å². The second-order valence-electron chi connectivity index (χ2n) is 7.60. The van der Waals surface area contributed by atoms with Gasteiger partial charge in [-0.1, -0.05) is 66.7 Å². The maximum atomic E-state index is 12.2. The first-order valence-electron chi connectivity index (χ1n) is 10.7. The maximum Gasteiger partial charge on any atom is 0.220 e. The molecule has 4 rings (SSSR count). The molecule has 4 nitrogen and oxygen atoms in total. The van der Waals surface area contributed by atoms with Crippen LogP contribution in [0.3, 0.4) is 0 Å². The highest BCUT2D eigenvalue weighted by Crippen LogP contribution is 2.29. The molecule has 0 aliphatic rings. The molecular weight excluding hydrogens is 416 g/mol. The predicted octanol–water partition coefficient (Wildman–Crippen LogP) is 6.26. The summed E-state index contributed by atoms with van der Waals surface area (Å²) in [5.74, 6) is 0.909. The van der Waals surface area contributed by atoms with E-state index in [1.165, 1.54) is 0 Å². The Morgan fingerprint density at radius 2 is 1.75 bits per heavy atom. The average Bonchev–Trinajstić information content (AvgIpc) is 3.33. The summed E-state index contributed by atoms with van der Waals surface area (Å²) in [5, 5.41) is 6.07. The van der Waals surface area contributed by atoms with Gasteiger partial charge in [0, 0.05) is 29.5 Å². The molecule has 5 heteroatoms. The molecule has 0 spiro atoms. The number of carbonyl (C=O) groups excluding carboxylic acids is 1. The Kier molecular flexibility index (Phi) is 7.31. The van der Waals surface area contributed by atoms with Crippen LogP contribution in [0.2, 0.25) is 0 Å². The standard InChI is InChI=1S/C27H26N2O2S/c1-20-9-5-6-14-25(20)31-16-8-15-26(30)28-18-21-10-7-13-23(17-21)27-29-24(19-32-27)22-11-3-2-4-12-22/h2-7,9-14,17,19H,8,15-16,18H2,1H3,(H,28,30). The number of hydrogen-bond donors (Lipinski definition) is 1. The van der Waals surface area contributed by atoms with E-state index < -0.39 is 0 Å². The molecular formula is C27H26N2O2S. The monoisotopic (exact) mass is 442 g/mol. The Morgan fingerprint density at radius 3 is 2.59 bits per heavy atom. The van der Waals surface area contributed by atoms with Gasteiger partial charge in [-0.05, 0) is 36.6 Å².